The summed E-state index contributed by atoms with van der Waals surface area (Å²) in [5.41, 5.74) is -1.08. The molecule has 0 radical (unpaired) electrons. The zero-order chi connectivity index (χ0) is 23.9. The summed E-state index contributed by atoms with van der Waals surface area (Å²) in [6, 6.07) is 14.4. The predicted molar refractivity (Wildman–Crippen MR) is 118 cm³/mol. The average molecular weight is 444 g/mol. The van der Waals surface area contributed by atoms with Gasteiger partial charge in [-0.1, -0.05) is 48.5 Å². The van der Waals surface area contributed by atoms with E-state index < -0.39 is 52.6 Å². The first kappa shape index (κ1) is 21.5. The molecule has 0 aliphatic rings. The number of carbonyl (C=O) groups is 4. The molecule has 0 amide bonds. The van der Waals surface area contributed by atoms with Crippen LogP contribution in [0.1, 0.15) is 47.9 Å². The molecule has 33 heavy (non-hydrogen) atoms. The second kappa shape index (κ2) is 8.08. The first-order valence-corrected chi connectivity index (χ1v) is 9.73. The van der Waals surface area contributed by atoms with Gasteiger partial charge in [-0.05, 0) is 22.9 Å². The van der Waals surface area contributed by atoms with E-state index in [4.69, 9.17) is 0 Å². The Hall–Kier alpha value is -4.72. The Morgan fingerprint density at radius 2 is 0.879 bits per heavy atom. The molecule has 164 valence electrons. The molecular weight excluding hydrogens is 428 g/mol. The molecule has 4 rings (SSSR count). The van der Waals surface area contributed by atoms with Crippen LogP contribution in [0.5, 0.6) is 11.5 Å². The van der Waals surface area contributed by atoms with E-state index in [0.29, 0.717) is 0 Å². The molecule has 4 aromatic rings. The number of phenols is 2. The third-order valence-electron chi connectivity index (χ3n) is 5.42. The number of carboxylic acid groups (broad SMARTS) is 2. The van der Waals surface area contributed by atoms with Gasteiger partial charge in [0.05, 0.1) is 6.42 Å². The molecule has 0 bridgehead atoms. The van der Waals surface area contributed by atoms with E-state index >= 15 is 0 Å². The zero-order valence-corrected chi connectivity index (χ0v) is 16.9. The topological polar surface area (TPSA) is 149 Å². The second-order valence-electron chi connectivity index (χ2n) is 7.37. The summed E-state index contributed by atoms with van der Waals surface area (Å²) in [6.45, 7) is 0. The summed E-state index contributed by atoms with van der Waals surface area (Å²) in [7, 11) is 0. The van der Waals surface area contributed by atoms with Gasteiger partial charge in [-0.2, -0.15) is 0 Å². The van der Waals surface area contributed by atoms with E-state index in [2.05, 4.69) is 0 Å². The van der Waals surface area contributed by atoms with Crippen molar-refractivity contribution in [1.29, 1.82) is 0 Å². The van der Waals surface area contributed by atoms with Crippen molar-refractivity contribution in [3.8, 4) is 11.5 Å². The fourth-order valence-electron chi connectivity index (χ4n) is 3.84. The number of aromatic carboxylic acids is 2. The van der Waals surface area contributed by atoms with Crippen molar-refractivity contribution < 1.29 is 39.6 Å². The van der Waals surface area contributed by atoms with Crippen molar-refractivity contribution in [2.24, 2.45) is 0 Å². The quantitative estimate of drug-likeness (QED) is 0.255. The molecule has 0 fully saturated rings. The lowest BCUT2D eigenvalue weighted by molar-refractivity contribution is 0.0682. The Labute approximate surface area is 185 Å². The Bertz CT molecular complexity index is 1390. The largest absolute Gasteiger partial charge is 0.506 e. The molecule has 0 spiro atoms. The lowest BCUT2D eigenvalue weighted by Crippen LogP contribution is -2.12. The number of carboxylic acids is 2. The number of aromatic hydroxyl groups is 2. The first-order chi connectivity index (χ1) is 15.7. The monoisotopic (exact) mass is 444 g/mol. The minimum Gasteiger partial charge on any atom is -0.506 e. The van der Waals surface area contributed by atoms with Crippen LogP contribution < -0.4 is 0 Å². The van der Waals surface area contributed by atoms with Gasteiger partial charge in [0.25, 0.3) is 0 Å². The molecule has 0 saturated carbocycles. The molecule has 8 heteroatoms. The van der Waals surface area contributed by atoms with Gasteiger partial charge in [0.2, 0.25) is 0 Å². The van der Waals surface area contributed by atoms with Gasteiger partial charge in [0.1, 0.15) is 22.6 Å². The average Bonchev–Trinajstić information content (AvgIpc) is 2.79. The number of carbonyl (C=O) groups excluding carboxylic acids is 2. The number of Topliss-reactive ketones (excluding diaryl/α,β-unsaturated/α-hetero) is 2. The van der Waals surface area contributed by atoms with Gasteiger partial charge in [0.15, 0.2) is 11.6 Å². The fourth-order valence-corrected chi connectivity index (χ4v) is 3.84. The maximum absolute atomic E-state index is 13.1. The molecule has 0 heterocycles. The molecule has 0 aromatic heterocycles. The molecule has 4 aromatic carbocycles. The fraction of sp³-hybridized carbons (Fsp3) is 0.0400. The third-order valence-corrected chi connectivity index (χ3v) is 5.42. The highest BCUT2D eigenvalue weighted by Crippen LogP contribution is 2.34. The summed E-state index contributed by atoms with van der Waals surface area (Å²) >= 11 is 0. The van der Waals surface area contributed by atoms with Gasteiger partial charge in [-0.25, -0.2) is 9.59 Å². The van der Waals surface area contributed by atoms with Crippen molar-refractivity contribution in [3.05, 3.63) is 82.9 Å². The summed E-state index contributed by atoms with van der Waals surface area (Å²) in [6.07, 6.45) is -0.679. The van der Waals surface area contributed by atoms with Crippen molar-refractivity contribution in [2.45, 2.75) is 6.42 Å². The third kappa shape index (κ3) is 3.63. The van der Waals surface area contributed by atoms with Crippen molar-refractivity contribution in [1.82, 2.24) is 0 Å². The second-order valence-corrected chi connectivity index (χ2v) is 7.37. The summed E-state index contributed by atoms with van der Waals surface area (Å²) < 4.78 is 0. The van der Waals surface area contributed by atoms with Gasteiger partial charge in [-0.3, -0.25) is 9.59 Å². The van der Waals surface area contributed by atoms with E-state index in [1.54, 1.807) is 24.3 Å². The molecule has 0 aliphatic heterocycles. The van der Waals surface area contributed by atoms with Crippen molar-refractivity contribution >= 4 is 45.0 Å². The van der Waals surface area contributed by atoms with Gasteiger partial charge >= 0.3 is 11.9 Å². The summed E-state index contributed by atoms with van der Waals surface area (Å²) in [4.78, 5) is 49.3. The molecule has 8 nitrogen and oxygen atoms in total. The Balaban J connectivity index is 1.82. The molecule has 0 unspecified atom stereocenters. The first-order valence-electron chi connectivity index (χ1n) is 9.73. The number of rotatable bonds is 6. The minimum absolute atomic E-state index is 0.0595. The smallest absolute Gasteiger partial charge is 0.339 e. The Kier molecular flexibility index (Phi) is 5.27. The number of hydrogen-bond acceptors (Lipinski definition) is 6. The maximum atomic E-state index is 13.1. The van der Waals surface area contributed by atoms with Crippen LogP contribution in [0.3, 0.4) is 0 Å². The lowest BCUT2D eigenvalue weighted by Gasteiger charge is -2.12. The number of hydrogen-bond donors (Lipinski definition) is 4. The molecular formula is C25H16O8. The van der Waals surface area contributed by atoms with Crippen LogP contribution in [0.15, 0.2) is 60.7 Å². The Morgan fingerprint density at radius 1 is 0.545 bits per heavy atom. The highest BCUT2D eigenvalue weighted by Gasteiger charge is 2.24. The van der Waals surface area contributed by atoms with Crippen LogP contribution in [-0.2, 0) is 0 Å². The number of benzene rings is 4. The SMILES string of the molecule is O=C(O)c1cc(C(=O)CC(=O)c2cc(C(=O)O)c(O)c3ccccc23)c2ccccc2c1O. The number of fused-ring (bicyclic) bond motifs is 2. The van der Waals surface area contributed by atoms with Crippen LogP contribution >= 0.6 is 0 Å². The van der Waals surface area contributed by atoms with Crippen molar-refractivity contribution in [2.75, 3.05) is 0 Å². The van der Waals surface area contributed by atoms with Gasteiger partial charge in [0, 0.05) is 21.9 Å². The maximum Gasteiger partial charge on any atom is 0.339 e. The molecule has 4 N–H and O–H groups in total. The van der Waals surface area contributed by atoms with Crippen LogP contribution in [0.4, 0.5) is 0 Å². The van der Waals surface area contributed by atoms with Crippen LogP contribution in [0.25, 0.3) is 21.5 Å². The molecule has 0 atom stereocenters. The van der Waals surface area contributed by atoms with Crippen molar-refractivity contribution in [3.63, 3.8) is 0 Å². The van der Waals surface area contributed by atoms with Gasteiger partial charge in [-0.15, -0.1) is 0 Å². The number of ketones is 2. The minimum atomic E-state index is -1.44. The summed E-state index contributed by atoms with van der Waals surface area (Å²) in [5, 5.41) is 40.2. The van der Waals surface area contributed by atoms with E-state index in [-0.39, 0.29) is 32.7 Å². The standard InChI is InChI=1S/C25H16O8/c26-20(16-9-18(24(30)31)22(28)14-7-3-1-5-12(14)16)11-21(27)17-10-19(25(32)33)23(29)15-8-4-2-6-13(15)17/h1-10,28-29H,11H2,(H,30,31)(H,32,33). The van der Waals surface area contributed by atoms with Gasteiger partial charge < -0.3 is 20.4 Å². The van der Waals surface area contributed by atoms with E-state index in [1.807, 2.05) is 0 Å². The normalized spacial score (nSPS) is 10.9. The zero-order valence-electron chi connectivity index (χ0n) is 16.9. The highest BCUT2D eigenvalue weighted by molar-refractivity contribution is 6.23. The van der Waals surface area contributed by atoms with E-state index in [1.165, 1.54) is 24.3 Å². The van der Waals surface area contributed by atoms with Crippen LogP contribution in [-0.4, -0.2) is 43.9 Å². The van der Waals surface area contributed by atoms with E-state index in [0.717, 1.165) is 12.1 Å². The van der Waals surface area contributed by atoms with Crippen LogP contribution in [0, 0.1) is 0 Å². The predicted octanol–water partition coefficient (Wildman–Crippen LogP) is 4.26. The highest BCUT2D eigenvalue weighted by atomic mass is 16.4. The van der Waals surface area contributed by atoms with E-state index in [9.17, 15) is 39.6 Å². The summed E-state index contributed by atoms with van der Waals surface area (Å²) in [5.74, 6) is -5.25. The molecule has 0 saturated heterocycles. The lowest BCUT2D eigenvalue weighted by atomic mass is 9.91. The van der Waals surface area contributed by atoms with Crippen LogP contribution in [0.2, 0.25) is 0 Å². The Morgan fingerprint density at radius 3 is 1.21 bits per heavy atom. The molecule has 0 aliphatic carbocycles.